The van der Waals surface area contributed by atoms with Crippen LogP contribution in [0.2, 0.25) is 0 Å². The number of methoxy groups -OCH3 is 1. The van der Waals surface area contributed by atoms with Gasteiger partial charge in [-0.05, 0) is 145 Å². The Kier molecular flexibility index (Phi) is 15.0. The van der Waals surface area contributed by atoms with Crippen LogP contribution in [0.3, 0.4) is 0 Å². The van der Waals surface area contributed by atoms with Crippen molar-refractivity contribution in [3.8, 4) is 39.9 Å². The molecule has 338 valence electrons. The highest BCUT2D eigenvalue weighted by Crippen LogP contribution is 2.56. The number of benzene rings is 3. The number of aliphatic hydroxyl groups excluding tert-OH is 2. The van der Waals surface area contributed by atoms with Crippen molar-refractivity contribution in [1.82, 2.24) is 0 Å². The Balaban J connectivity index is 1.27. The molecule has 1 aliphatic heterocycles. The Labute approximate surface area is 369 Å². The van der Waals surface area contributed by atoms with Crippen molar-refractivity contribution in [2.24, 2.45) is 52.0 Å². The van der Waals surface area contributed by atoms with Crippen molar-refractivity contribution in [3.05, 3.63) is 76.4 Å². The predicted molar refractivity (Wildman–Crippen MR) is 247 cm³/mol. The summed E-state index contributed by atoms with van der Waals surface area (Å²) in [7, 11) is 1.71. The third kappa shape index (κ3) is 10.0. The number of fused-ring (bicyclic) bond motifs is 5. The molecule has 3 aromatic rings. The van der Waals surface area contributed by atoms with Crippen molar-refractivity contribution >= 4 is 5.96 Å². The van der Waals surface area contributed by atoms with Crippen LogP contribution in [-0.2, 0) is 19.3 Å². The fourth-order valence-corrected chi connectivity index (χ4v) is 11.4. The van der Waals surface area contributed by atoms with Gasteiger partial charge in [0.25, 0.3) is 0 Å². The first-order chi connectivity index (χ1) is 29.9. The first kappa shape index (κ1) is 45.6. The van der Waals surface area contributed by atoms with E-state index in [1.54, 1.807) is 13.2 Å². The number of aliphatic imine (C=N–C) groups is 1. The van der Waals surface area contributed by atoms with E-state index in [1.807, 2.05) is 24.3 Å². The molecule has 0 bridgehead atoms. The van der Waals surface area contributed by atoms with Gasteiger partial charge in [0.1, 0.15) is 29.5 Å². The zero-order valence-corrected chi connectivity index (χ0v) is 37.8. The highest BCUT2D eigenvalue weighted by molar-refractivity contribution is 5.84. The molecule has 0 radical (unpaired) electrons. The molecule has 4 aliphatic rings. The van der Waals surface area contributed by atoms with E-state index >= 15 is 0 Å². The van der Waals surface area contributed by atoms with Crippen molar-refractivity contribution in [3.63, 3.8) is 0 Å². The first-order valence-corrected chi connectivity index (χ1v) is 23.7. The number of unbranched alkanes of at least 4 members (excludes halogenated alkanes) is 2. The van der Waals surface area contributed by atoms with Gasteiger partial charge in [0.2, 0.25) is 0 Å². The molecule has 10 heteroatoms. The molecule has 10 nitrogen and oxygen atoms in total. The van der Waals surface area contributed by atoms with Gasteiger partial charge < -0.3 is 46.1 Å². The number of nitrogens with two attached hydrogens (primary N) is 2. The van der Waals surface area contributed by atoms with Crippen LogP contribution in [0.25, 0.3) is 11.1 Å². The van der Waals surface area contributed by atoms with E-state index in [1.165, 1.54) is 25.7 Å². The van der Waals surface area contributed by atoms with Crippen molar-refractivity contribution in [2.75, 3.05) is 20.3 Å². The Morgan fingerprint density at radius 3 is 2.50 bits per heavy atom. The van der Waals surface area contributed by atoms with Crippen molar-refractivity contribution in [2.45, 2.75) is 142 Å². The second-order valence-electron chi connectivity index (χ2n) is 19.3. The fraction of sp³-hybridized carbons (Fsp3) is 0.596. The average molecular weight is 852 g/mol. The molecule has 0 saturated heterocycles. The molecule has 0 amide bonds. The smallest absolute Gasteiger partial charge is 0.185 e. The summed E-state index contributed by atoms with van der Waals surface area (Å²) >= 11 is 0. The van der Waals surface area contributed by atoms with Crippen LogP contribution in [0.1, 0.15) is 138 Å². The van der Waals surface area contributed by atoms with Crippen LogP contribution in [-0.4, -0.2) is 58.9 Å². The summed E-state index contributed by atoms with van der Waals surface area (Å²) in [5.74, 6) is 4.37. The van der Waals surface area contributed by atoms with E-state index < -0.39 is 12.2 Å². The van der Waals surface area contributed by atoms with Crippen LogP contribution in [0, 0.1) is 35.5 Å². The van der Waals surface area contributed by atoms with Gasteiger partial charge >= 0.3 is 0 Å². The second-order valence-corrected chi connectivity index (χ2v) is 19.3. The van der Waals surface area contributed by atoms with E-state index in [4.69, 9.17) is 25.7 Å². The van der Waals surface area contributed by atoms with Gasteiger partial charge in [-0.3, -0.25) is 4.99 Å². The van der Waals surface area contributed by atoms with Crippen LogP contribution in [0.5, 0.6) is 28.7 Å². The number of rotatable bonds is 17. The van der Waals surface area contributed by atoms with Gasteiger partial charge in [0.05, 0.1) is 13.2 Å². The molecule has 62 heavy (non-hydrogen) atoms. The minimum atomic E-state index is -0.875. The molecule has 9 unspecified atom stereocenters. The molecule has 3 aliphatic carbocycles. The molecule has 8 N–H and O–H groups in total. The summed E-state index contributed by atoms with van der Waals surface area (Å²) in [6.07, 6.45) is 16.3. The third-order valence-electron chi connectivity index (χ3n) is 14.5. The van der Waals surface area contributed by atoms with Crippen LogP contribution in [0.15, 0.2) is 53.5 Å². The summed E-state index contributed by atoms with van der Waals surface area (Å²) in [6.45, 7) is 9.69. The van der Waals surface area contributed by atoms with E-state index in [0.717, 1.165) is 96.7 Å². The van der Waals surface area contributed by atoms with Gasteiger partial charge in [-0.25, -0.2) is 0 Å². The molecule has 1 saturated carbocycles. The zero-order chi connectivity index (χ0) is 44.1. The lowest BCUT2D eigenvalue weighted by Crippen LogP contribution is -2.34. The number of allylic oxidation sites excluding steroid dienone is 2. The molecule has 1 fully saturated rings. The molecule has 0 aromatic heterocycles. The first-order valence-electron chi connectivity index (χ1n) is 23.7. The number of phenolic OH excluding ortho intramolecular Hbond substituents is 2. The second kappa shape index (κ2) is 20.4. The maximum Gasteiger partial charge on any atom is 0.185 e. The zero-order valence-electron chi connectivity index (χ0n) is 37.8. The van der Waals surface area contributed by atoms with Gasteiger partial charge in [-0.2, -0.15) is 0 Å². The van der Waals surface area contributed by atoms with E-state index in [2.05, 4.69) is 50.9 Å². The fourth-order valence-electron chi connectivity index (χ4n) is 11.4. The van der Waals surface area contributed by atoms with Gasteiger partial charge in [0.15, 0.2) is 17.5 Å². The molecule has 1 heterocycles. The predicted octanol–water partition coefficient (Wildman–Crippen LogP) is 9.66. The molecule has 7 rings (SSSR count). The minimum absolute atomic E-state index is 0.0461. The Bertz CT molecular complexity index is 2060. The van der Waals surface area contributed by atoms with E-state index in [-0.39, 0.29) is 42.2 Å². The Morgan fingerprint density at radius 1 is 0.952 bits per heavy atom. The topological polar surface area (TPSA) is 173 Å². The average Bonchev–Trinajstić information content (AvgIpc) is 3.24. The highest BCUT2D eigenvalue weighted by Gasteiger charge is 2.42. The van der Waals surface area contributed by atoms with Crippen LogP contribution >= 0.6 is 0 Å². The quantitative estimate of drug-likeness (QED) is 0.0335. The number of ether oxygens (including phenoxy) is 3. The molecule has 3 aromatic carbocycles. The maximum absolute atomic E-state index is 12.2. The SMILES string of the molecule is CCCCCC(C)C1CC(C2Cc3cc(O)c(CC(C)C)cc3-c3c(OC)cc4c(c32)CC(O)C(c2ccc(O)c(OC3CCCCC3CCN=C(N)N)c2)O4)C=CC1CCO. The Morgan fingerprint density at radius 2 is 1.76 bits per heavy atom. The molecule has 0 spiro atoms. The normalized spacial score (nSPS) is 25.9. The van der Waals surface area contributed by atoms with E-state index in [9.17, 15) is 20.4 Å². The minimum Gasteiger partial charge on any atom is -0.508 e. The van der Waals surface area contributed by atoms with Crippen molar-refractivity contribution < 1.29 is 34.6 Å². The summed E-state index contributed by atoms with van der Waals surface area (Å²) < 4.78 is 19.8. The molecule has 9 atom stereocenters. The van der Waals surface area contributed by atoms with E-state index in [0.29, 0.717) is 59.6 Å². The van der Waals surface area contributed by atoms with Gasteiger partial charge in [-0.15, -0.1) is 0 Å². The highest BCUT2D eigenvalue weighted by atomic mass is 16.5. The number of aliphatic hydroxyl groups is 2. The Hall–Kier alpha value is -4.41. The number of hydrogen-bond donors (Lipinski definition) is 6. The number of guanidine groups is 1. The summed E-state index contributed by atoms with van der Waals surface area (Å²) in [5, 5.41) is 44.8. The number of nitrogens with zero attached hydrogens (tertiary/aromatic N) is 1. The maximum atomic E-state index is 12.2. The monoisotopic (exact) mass is 852 g/mol. The number of hydrogen-bond acceptors (Lipinski definition) is 8. The molecular weight excluding hydrogens is 779 g/mol. The number of phenols is 2. The third-order valence-corrected chi connectivity index (χ3v) is 14.5. The van der Waals surface area contributed by atoms with Crippen LogP contribution in [0.4, 0.5) is 0 Å². The lowest BCUT2D eigenvalue weighted by atomic mass is 9.63. The van der Waals surface area contributed by atoms with Crippen molar-refractivity contribution in [1.29, 1.82) is 0 Å². The summed E-state index contributed by atoms with van der Waals surface area (Å²) in [5.41, 5.74) is 18.2. The lowest BCUT2D eigenvalue weighted by Gasteiger charge is -2.43. The van der Waals surface area contributed by atoms with Gasteiger partial charge in [0, 0.05) is 36.8 Å². The summed E-state index contributed by atoms with van der Waals surface area (Å²) in [6, 6.07) is 11.4. The largest absolute Gasteiger partial charge is 0.508 e. The lowest BCUT2D eigenvalue weighted by molar-refractivity contribution is 0.0197. The van der Waals surface area contributed by atoms with Crippen LogP contribution < -0.4 is 25.7 Å². The standard InChI is InChI=1S/C52H73N3O7/c1-6-7-8-11-31(4)38-23-34(15-14-32(38)19-21-56)39-24-36-26-43(58)37(22-30(2)3)25-40(36)50-48(60-5)29-46-41(49(39)50)28-44(59)51(62-46)35-16-17-42(57)47(27-35)61-45-13-10-9-12-33(45)18-20-55-52(53)54/h14-17,25-27,29-34,38-39,44-45,51,56-59H,6-13,18-24,28H2,1-5H3,(H4,53,54,55). The summed E-state index contributed by atoms with van der Waals surface area (Å²) in [4.78, 5) is 4.20. The molecular formula is C52H73N3O7. The van der Waals surface area contributed by atoms with Gasteiger partial charge in [-0.1, -0.05) is 78.0 Å². The number of aromatic hydroxyl groups is 2.